The zero-order chi connectivity index (χ0) is 18.8. The predicted octanol–water partition coefficient (Wildman–Crippen LogP) is 0.179. The molecule has 0 saturated carbocycles. The number of aromatic nitrogens is 2. The summed E-state index contributed by atoms with van der Waals surface area (Å²) in [6, 6.07) is 13.8. The minimum atomic E-state index is -0.252. The number of fused-ring (bicyclic) bond motifs is 1. The molecule has 0 aliphatic carbocycles. The largest absolute Gasteiger partial charge is 1.00 e. The van der Waals surface area contributed by atoms with Gasteiger partial charge in [0.25, 0.3) is 11.7 Å². The van der Waals surface area contributed by atoms with E-state index in [0.717, 1.165) is 36.5 Å². The Morgan fingerprint density at radius 2 is 2.04 bits per heavy atom. The number of nitrogens with one attached hydrogen (secondary N) is 1. The van der Waals surface area contributed by atoms with Crippen molar-refractivity contribution in [3.63, 3.8) is 0 Å². The van der Waals surface area contributed by atoms with Gasteiger partial charge in [-0.25, -0.2) is 13.5 Å². The Morgan fingerprint density at radius 3 is 2.79 bits per heavy atom. The third-order valence-corrected chi connectivity index (χ3v) is 4.80. The molecule has 0 atom stereocenters. The van der Waals surface area contributed by atoms with Crippen LogP contribution in [0.15, 0.2) is 54.7 Å². The number of carbonyl (C=O) groups excluding carboxylic acids is 1. The first-order valence-electron chi connectivity index (χ1n) is 8.96. The number of methoxy groups -OCH3 is 1. The van der Waals surface area contributed by atoms with E-state index >= 15 is 0 Å². The first-order chi connectivity index (χ1) is 13.1. The number of ether oxygens (including phenoxy) is 1. The van der Waals surface area contributed by atoms with Gasteiger partial charge in [0.2, 0.25) is 0 Å². The van der Waals surface area contributed by atoms with Crippen LogP contribution in [0.4, 0.5) is 10.1 Å². The summed E-state index contributed by atoms with van der Waals surface area (Å²) < 4.78 is 22.6. The molecule has 0 fully saturated rings. The van der Waals surface area contributed by atoms with Crippen molar-refractivity contribution in [3.8, 4) is 17.0 Å². The van der Waals surface area contributed by atoms with Crippen LogP contribution in [0.25, 0.3) is 11.3 Å². The average molecular weight is 402 g/mol. The molecule has 1 amide bonds. The van der Waals surface area contributed by atoms with Gasteiger partial charge in [-0.3, -0.25) is 4.79 Å². The third kappa shape index (κ3) is 4.02. The van der Waals surface area contributed by atoms with E-state index in [9.17, 15) is 9.18 Å². The first-order valence-corrected chi connectivity index (χ1v) is 8.96. The molecule has 1 aliphatic heterocycles. The van der Waals surface area contributed by atoms with Gasteiger partial charge in [0.05, 0.1) is 20.1 Å². The third-order valence-electron chi connectivity index (χ3n) is 4.80. The molecule has 1 N–H and O–H groups in total. The van der Waals surface area contributed by atoms with Crippen LogP contribution in [0.5, 0.6) is 5.75 Å². The van der Waals surface area contributed by atoms with Gasteiger partial charge >= 0.3 is 0 Å². The molecule has 28 heavy (non-hydrogen) atoms. The van der Waals surface area contributed by atoms with E-state index in [0.29, 0.717) is 11.4 Å². The van der Waals surface area contributed by atoms with Crippen LogP contribution in [0.3, 0.4) is 0 Å². The fraction of sp³-hybridized carbons (Fsp3) is 0.238. The lowest BCUT2D eigenvalue weighted by Crippen LogP contribution is -3.00. The smallest absolute Gasteiger partial charge is 0.266 e. The number of carbonyl (C=O) groups is 1. The molecule has 0 unspecified atom stereocenters. The van der Waals surface area contributed by atoms with E-state index in [1.165, 1.54) is 12.1 Å². The predicted molar refractivity (Wildman–Crippen MR) is 100.0 cm³/mol. The van der Waals surface area contributed by atoms with Crippen LogP contribution >= 0.6 is 0 Å². The number of benzene rings is 2. The van der Waals surface area contributed by atoms with E-state index in [-0.39, 0.29) is 30.7 Å². The van der Waals surface area contributed by atoms with Gasteiger partial charge < -0.3 is 22.5 Å². The normalized spacial score (nSPS) is 12.2. The van der Waals surface area contributed by atoms with Crippen LogP contribution in [-0.2, 0) is 24.3 Å². The molecular formula is C21H21ClFN3O2. The number of hydrogen-bond donors (Lipinski definition) is 1. The molecule has 0 saturated heterocycles. The topological polar surface area (TPSA) is 47.1 Å². The highest BCUT2D eigenvalue weighted by atomic mass is 35.5. The fourth-order valence-corrected chi connectivity index (χ4v) is 3.55. The molecule has 5 nitrogen and oxygen atoms in total. The SMILES string of the molecule is COc1cccc(NC(=O)C[n+]2cc(-c3ccc(F)cc3)n3c2CCC3)c1.[Cl-]. The Kier molecular flexibility index (Phi) is 5.99. The van der Waals surface area contributed by atoms with Crippen LogP contribution in [0.2, 0.25) is 0 Å². The zero-order valence-corrected chi connectivity index (χ0v) is 16.2. The van der Waals surface area contributed by atoms with Crippen molar-refractivity contribution in [2.45, 2.75) is 25.9 Å². The van der Waals surface area contributed by atoms with Gasteiger partial charge in [-0.1, -0.05) is 6.07 Å². The lowest BCUT2D eigenvalue weighted by Gasteiger charge is -2.06. The van der Waals surface area contributed by atoms with Gasteiger partial charge in [0, 0.05) is 17.3 Å². The van der Waals surface area contributed by atoms with Crippen LogP contribution in [0.1, 0.15) is 12.2 Å². The van der Waals surface area contributed by atoms with Crippen LogP contribution in [-0.4, -0.2) is 17.6 Å². The molecule has 146 valence electrons. The van der Waals surface area contributed by atoms with Gasteiger partial charge in [-0.15, -0.1) is 0 Å². The summed E-state index contributed by atoms with van der Waals surface area (Å²) in [5, 5.41) is 2.91. The second-order valence-electron chi connectivity index (χ2n) is 6.60. The number of rotatable bonds is 5. The van der Waals surface area contributed by atoms with Crippen molar-refractivity contribution in [2.24, 2.45) is 0 Å². The summed E-state index contributed by atoms with van der Waals surface area (Å²) >= 11 is 0. The van der Waals surface area contributed by atoms with E-state index in [1.807, 2.05) is 29.0 Å². The average Bonchev–Trinajstić information content (AvgIpc) is 3.27. The molecule has 3 aromatic rings. The minimum absolute atomic E-state index is 0. The summed E-state index contributed by atoms with van der Waals surface area (Å²) in [4.78, 5) is 12.5. The summed E-state index contributed by atoms with van der Waals surface area (Å²) in [5.41, 5.74) is 2.66. The van der Waals surface area contributed by atoms with Crippen molar-refractivity contribution < 1.29 is 30.9 Å². The molecule has 0 bridgehead atoms. The highest BCUT2D eigenvalue weighted by Crippen LogP contribution is 2.25. The standard InChI is InChI=1S/C21H20FN3O2.ClH/c1-27-18-5-2-4-17(12-18)23-20(26)14-24-13-19(25-11-3-6-21(24)25)15-7-9-16(22)10-8-15;/h2,4-5,7-10,12-13H,3,6,11,14H2,1H3;1H. The van der Waals surface area contributed by atoms with Gasteiger partial charge in [-0.2, -0.15) is 0 Å². The minimum Gasteiger partial charge on any atom is -1.00 e. The first kappa shape index (κ1) is 19.9. The molecule has 0 radical (unpaired) electrons. The van der Waals surface area contributed by atoms with E-state index in [4.69, 9.17) is 4.74 Å². The Morgan fingerprint density at radius 1 is 1.25 bits per heavy atom. The Hall–Kier alpha value is -2.86. The maximum absolute atomic E-state index is 13.2. The monoisotopic (exact) mass is 401 g/mol. The molecule has 1 aromatic heterocycles. The van der Waals surface area contributed by atoms with Crippen LogP contribution < -0.4 is 27.0 Å². The second-order valence-corrected chi connectivity index (χ2v) is 6.60. The summed E-state index contributed by atoms with van der Waals surface area (Å²) in [7, 11) is 1.60. The number of amides is 1. The summed E-state index contributed by atoms with van der Waals surface area (Å²) in [6.45, 7) is 1.14. The van der Waals surface area contributed by atoms with Crippen molar-refractivity contribution in [1.82, 2.24) is 4.57 Å². The quantitative estimate of drug-likeness (QED) is 0.620. The zero-order valence-electron chi connectivity index (χ0n) is 15.5. The molecule has 0 spiro atoms. The Balaban J connectivity index is 0.00000225. The van der Waals surface area contributed by atoms with Gasteiger partial charge in [-0.05, 0) is 42.8 Å². The number of anilines is 1. The highest BCUT2D eigenvalue weighted by molar-refractivity contribution is 5.89. The number of imidazole rings is 1. The fourth-order valence-electron chi connectivity index (χ4n) is 3.55. The van der Waals surface area contributed by atoms with Crippen LogP contribution in [0, 0.1) is 5.82 Å². The molecular weight excluding hydrogens is 381 g/mol. The molecule has 4 rings (SSSR count). The Labute approximate surface area is 169 Å². The summed E-state index contributed by atoms with van der Waals surface area (Å²) in [6.07, 6.45) is 3.95. The van der Waals surface area contributed by atoms with E-state index in [2.05, 4.69) is 9.88 Å². The lowest BCUT2D eigenvalue weighted by molar-refractivity contribution is -0.690. The number of halogens is 2. The molecule has 1 aliphatic rings. The maximum atomic E-state index is 13.2. The van der Waals surface area contributed by atoms with E-state index in [1.54, 1.807) is 25.3 Å². The van der Waals surface area contributed by atoms with Crippen molar-refractivity contribution in [1.29, 1.82) is 0 Å². The molecule has 2 heterocycles. The van der Waals surface area contributed by atoms with E-state index < -0.39 is 0 Å². The number of nitrogens with zero attached hydrogens (tertiary/aromatic N) is 2. The van der Waals surface area contributed by atoms with Gasteiger partial charge in [0.1, 0.15) is 17.8 Å². The van der Waals surface area contributed by atoms with Crippen molar-refractivity contribution in [3.05, 3.63) is 66.4 Å². The van der Waals surface area contributed by atoms with Crippen molar-refractivity contribution >= 4 is 11.6 Å². The molecule has 7 heteroatoms. The maximum Gasteiger partial charge on any atom is 0.266 e. The number of hydrogen-bond acceptors (Lipinski definition) is 2. The van der Waals surface area contributed by atoms with Gasteiger partial charge in [0.15, 0.2) is 12.2 Å². The van der Waals surface area contributed by atoms with Crippen molar-refractivity contribution in [2.75, 3.05) is 12.4 Å². The molecule has 2 aromatic carbocycles. The highest BCUT2D eigenvalue weighted by Gasteiger charge is 2.29. The second kappa shape index (κ2) is 8.44. The summed E-state index contributed by atoms with van der Waals surface area (Å²) in [5.74, 6) is 1.47. The lowest BCUT2D eigenvalue weighted by atomic mass is 10.1. The Bertz CT molecular complexity index is 986.